The predicted octanol–water partition coefficient (Wildman–Crippen LogP) is 2.64. The van der Waals surface area contributed by atoms with Crippen LogP contribution in [0.4, 0.5) is 0 Å². The van der Waals surface area contributed by atoms with E-state index in [9.17, 15) is 0 Å². The summed E-state index contributed by atoms with van der Waals surface area (Å²) in [5, 5.41) is 0.965. The lowest BCUT2D eigenvalue weighted by molar-refractivity contribution is 0.418. The molecule has 0 unspecified atom stereocenters. The molecule has 2 aromatic rings. The fraction of sp³-hybridized carbons (Fsp3) is 0.333. The van der Waals surface area contributed by atoms with Crippen molar-refractivity contribution < 1.29 is 9.15 Å². The van der Waals surface area contributed by atoms with Gasteiger partial charge in [0.15, 0.2) is 0 Å². The third-order valence-electron chi connectivity index (χ3n) is 2.48. The number of nitrogens with two attached hydrogens (primary N) is 1. The summed E-state index contributed by atoms with van der Waals surface area (Å²) >= 11 is 0. The number of hydrogen-bond acceptors (Lipinski definition) is 3. The van der Waals surface area contributed by atoms with Crippen molar-refractivity contribution in [3.05, 3.63) is 30.0 Å². The molecule has 1 aromatic heterocycles. The average Bonchev–Trinajstić information content (AvgIpc) is 2.59. The molecule has 0 spiro atoms. The highest BCUT2D eigenvalue weighted by Gasteiger charge is 2.22. The van der Waals surface area contributed by atoms with Crippen molar-refractivity contribution >= 4 is 11.0 Å². The first-order chi connectivity index (χ1) is 7.04. The van der Waals surface area contributed by atoms with Crippen LogP contribution in [0.15, 0.2) is 28.9 Å². The number of fused-ring (bicyclic) bond motifs is 1. The number of furan rings is 1. The largest absolute Gasteiger partial charge is 0.496 e. The van der Waals surface area contributed by atoms with E-state index in [4.69, 9.17) is 14.9 Å². The monoisotopic (exact) mass is 205 g/mol. The Bertz CT molecular complexity index is 480. The molecule has 1 aromatic carbocycles. The molecule has 0 saturated carbocycles. The normalized spacial score (nSPS) is 12.0. The van der Waals surface area contributed by atoms with Crippen LogP contribution in [0.5, 0.6) is 5.75 Å². The van der Waals surface area contributed by atoms with Gasteiger partial charge in [0.2, 0.25) is 0 Å². The Morgan fingerprint density at radius 2 is 2.07 bits per heavy atom. The number of hydrogen-bond donors (Lipinski definition) is 1. The van der Waals surface area contributed by atoms with Crippen molar-refractivity contribution in [2.45, 2.75) is 19.4 Å². The fourth-order valence-corrected chi connectivity index (χ4v) is 1.70. The van der Waals surface area contributed by atoms with Crippen LogP contribution in [-0.2, 0) is 5.54 Å². The first kappa shape index (κ1) is 10.1. The van der Waals surface area contributed by atoms with Gasteiger partial charge < -0.3 is 14.9 Å². The summed E-state index contributed by atoms with van der Waals surface area (Å²) in [5.74, 6) is 0.801. The Hall–Kier alpha value is -1.48. The molecule has 0 amide bonds. The lowest BCUT2D eigenvalue weighted by Crippen LogP contribution is -2.28. The van der Waals surface area contributed by atoms with Gasteiger partial charge in [-0.1, -0.05) is 6.07 Å². The summed E-state index contributed by atoms with van der Waals surface area (Å²) in [7, 11) is 1.65. The summed E-state index contributed by atoms with van der Waals surface area (Å²) in [6.45, 7) is 3.90. The molecule has 0 bridgehead atoms. The second-order valence-corrected chi connectivity index (χ2v) is 4.20. The predicted molar refractivity (Wildman–Crippen MR) is 60.0 cm³/mol. The highest BCUT2D eigenvalue weighted by atomic mass is 16.5. The molecule has 1 heterocycles. The fourth-order valence-electron chi connectivity index (χ4n) is 1.70. The number of rotatable bonds is 2. The zero-order valence-corrected chi connectivity index (χ0v) is 9.20. The van der Waals surface area contributed by atoms with Crippen molar-refractivity contribution in [2.75, 3.05) is 7.11 Å². The van der Waals surface area contributed by atoms with E-state index in [1.54, 1.807) is 13.4 Å². The van der Waals surface area contributed by atoms with Gasteiger partial charge in [-0.2, -0.15) is 0 Å². The Labute approximate surface area is 88.8 Å². The van der Waals surface area contributed by atoms with Crippen LogP contribution in [0, 0.1) is 0 Å². The highest BCUT2D eigenvalue weighted by Crippen LogP contribution is 2.34. The quantitative estimate of drug-likeness (QED) is 0.819. The molecule has 3 heteroatoms. The van der Waals surface area contributed by atoms with Crippen molar-refractivity contribution in [1.82, 2.24) is 0 Å². The van der Waals surface area contributed by atoms with Gasteiger partial charge >= 0.3 is 0 Å². The summed E-state index contributed by atoms with van der Waals surface area (Å²) < 4.78 is 10.8. The zero-order chi connectivity index (χ0) is 11.1. The maximum atomic E-state index is 6.08. The van der Waals surface area contributed by atoms with Crippen LogP contribution in [0.25, 0.3) is 11.0 Å². The smallest absolute Gasteiger partial charge is 0.137 e. The van der Waals surface area contributed by atoms with E-state index in [0.717, 1.165) is 22.3 Å². The summed E-state index contributed by atoms with van der Waals surface area (Å²) in [4.78, 5) is 0. The third-order valence-corrected chi connectivity index (χ3v) is 2.48. The number of ether oxygens (including phenoxy) is 1. The first-order valence-corrected chi connectivity index (χ1v) is 4.87. The van der Waals surface area contributed by atoms with E-state index in [-0.39, 0.29) is 0 Å². The number of benzene rings is 1. The second kappa shape index (κ2) is 3.28. The molecular weight excluding hydrogens is 190 g/mol. The molecule has 3 nitrogen and oxygen atoms in total. The lowest BCUT2D eigenvalue weighted by Gasteiger charge is -2.17. The molecule has 2 N–H and O–H groups in total. The Morgan fingerprint density at radius 1 is 1.33 bits per heavy atom. The summed E-state index contributed by atoms with van der Waals surface area (Å²) in [6, 6.07) is 5.72. The zero-order valence-electron chi connectivity index (χ0n) is 9.20. The van der Waals surface area contributed by atoms with E-state index in [1.165, 1.54) is 0 Å². The van der Waals surface area contributed by atoms with E-state index < -0.39 is 5.54 Å². The maximum Gasteiger partial charge on any atom is 0.137 e. The molecular formula is C12H15NO2. The van der Waals surface area contributed by atoms with Gasteiger partial charge in [0.25, 0.3) is 0 Å². The Kier molecular flexibility index (Phi) is 2.20. The van der Waals surface area contributed by atoms with Gasteiger partial charge in [0.1, 0.15) is 11.3 Å². The topological polar surface area (TPSA) is 48.4 Å². The van der Waals surface area contributed by atoms with Crippen molar-refractivity contribution in [1.29, 1.82) is 0 Å². The molecule has 0 radical (unpaired) electrons. The summed E-state index contributed by atoms with van der Waals surface area (Å²) in [5.41, 5.74) is 7.42. The molecule has 0 fully saturated rings. The minimum atomic E-state index is -0.431. The van der Waals surface area contributed by atoms with Crippen LogP contribution in [-0.4, -0.2) is 7.11 Å². The molecule has 2 rings (SSSR count). The van der Waals surface area contributed by atoms with Gasteiger partial charge in [-0.05, 0) is 26.0 Å². The van der Waals surface area contributed by atoms with E-state index in [2.05, 4.69) is 0 Å². The van der Waals surface area contributed by atoms with Gasteiger partial charge in [-0.25, -0.2) is 0 Å². The lowest BCUT2D eigenvalue weighted by atomic mass is 9.95. The summed E-state index contributed by atoms with van der Waals surface area (Å²) in [6.07, 6.45) is 1.70. The van der Waals surface area contributed by atoms with Gasteiger partial charge in [0.05, 0.1) is 18.8 Å². The standard InChI is InChI=1S/C12H15NO2/c1-12(2,13)8-7-15-10-6-4-5-9(14-3)11(8)10/h4-7H,13H2,1-3H3. The van der Waals surface area contributed by atoms with Crippen LogP contribution >= 0.6 is 0 Å². The van der Waals surface area contributed by atoms with Crippen LogP contribution in [0.3, 0.4) is 0 Å². The maximum absolute atomic E-state index is 6.08. The average molecular weight is 205 g/mol. The van der Waals surface area contributed by atoms with Gasteiger partial charge in [0, 0.05) is 11.1 Å². The van der Waals surface area contributed by atoms with E-state index in [0.29, 0.717) is 0 Å². The third kappa shape index (κ3) is 1.59. The molecule has 0 atom stereocenters. The van der Waals surface area contributed by atoms with Crippen LogP contribution < -0.4 is 10.5 Å². The minimum Gasteiger partial charge on any atom is -0.496 e. The SMILES string of the molecule is COc1cccc2occ(C(C)(C)N)c12. The molecule has 80 valence electrons. The van der Waals surface area contributed by atoms with E-state index in [1.807, 2.05) is 32.0 Å². The molecule has 15 heavy (non-hydrogen) atoms. The second-order valence-electron chi connectivity index (χ2n) is 4.20. The molecule has 0 saturated heterocycles. The Morgan fingerprint density at radius 3 is 2.67 bits per heavy atom. The molecule has 0 aliphatic carbocycles. The molecule has 0 aliphatic heterocycles. The van der Waals surface area contributed by atoms with Gasteiger partial charge in [-0.3, -0.25) is 0 Å². The van der Waals surface area contributed by atoms with Crippen LogP contribution in [0.1, 0.15) is 19.4 Å². The van der Waals surface area contributed by atoms with Crippen molar-refractivity contribution in [2.24, 2.45) is 5.73 Å². The number of methoxy groups -OCH3 is 1. The highest BCUT2D eigenvalue weighted by molar-refractivity contribution is 5.88. The van der Waals surface area contributed by atoms with Gasteiger partial charge in [-0.15, -0.1) is 0 Å². The van der Waals surface area contributed by atoms with Crippen LogP contribution in [0.2, 0.25) is 0 Å². The first-order valence-electron chi connectivity index (χ1n) is 4.87. The molecule has 0 aliphatic rings. The van der Waals surface area contributed by atoms with Crippen molar-refractivity contribution in [3.8, 4) is 5.75 Å². The van der Waals surface area contributed by atoms with Crippen molar-refractivity contribution in [3.63, 3.8) is 0 Å². The minimum absolute atomic E-state index is 0.431. The van der Waals surface area contributed by atoms with E-state index >= 15 is 0 Å². The Balaban J connectivity index is 2.77.